The Morgan fingerprint density at radius 2 is 2.36 bits per heavy atom. The van der Waals surface area contributed by atoms with E-state index in [0.29, 0.717) is 23.9 Å². The Morgan fingerprint density at radius 3 is 2.86 bits per heavy atom. The zero-order valence-electron chi connectivity index (χ0n) is 8.15. The number of carbonyl (C=O) groups is 1. The summed E-state index contributed by atoms with van der Waals surface area (Å²) in [6, 6.07) is 0.291. The number of carboxylic acids is 1. The first-order chi connectivity index (χ1) is 6.63. The van der Waals surface area contributed by atoms with E-state index in [0.717, 1.165) is 0 Å². The van der Waals surface area contributed by atoms with Crippen molar-refractivity contribution in [3.05, 3.63) is 17.5 Å². The van der Waals surface area contributed by atoms with Crippen molar-refractivity contribution in [2.24, 2.45) is 0 Å². The molecule has 0 aromatic carbocycles. The number of hydrogen-bond donors (Lipinski definition) is 1. The second kappa shape index (κ2) is 4.55. The van der Waals surface area contributed by atoms with Gasteiger partial charge in [-0.05, 0) is 13.8 Å². The van der Waals surface area contributed by atoms with E-state index in [1.54, 1.807) is 6.92 Å². The molecule has 0 saturated heterocycles. The van der Waals surface area contributed by atoms with Gasteiger partial charge in [0.25, 0.3) is 0 Å². The lowest BCUT2D eigenvalue weighted by atomic mass is 10.2. The van der Waals surface area contributed by atoms with Crippen molar-refractivity contribution < 1.29 is 14.6 Å². The fraction of sp³-hybridized carbons (Fsp3) is 0.444. The topological polar surface area (TPSA) is 72.3 Å². The summed E-state index contributed by atoms with van der Waals surface area (Å²) in [6.45, 7) is 4.07. The summed E-state index contributed by atoms with van der Waals surface area (Å²) >= 11 is 0. The Kier molecular flexibility index (Phi) is 3.39. The molecule has 1 heterocycles. The van der Waals surface area contributed by atoms with Crippen molar-refractivity contribution in [3.8, 4) is 6.01 Å². The predicted molar refractivity (Wildman–Crippen MR) is 49.3 cm³/mol. The van der Waals surface area contributed by atoms with Crippen LogP contribution in [0, 0.1) is 6.92 Å². The highest BCUT2D eigenvalue weighted by Crippen LogP contribution is 2.09. The molecule has 0 aliphatic heterocycles. The molecule has 0 radical (unpaired) electrons. The molecule has 1 rings (SSSR count). The quantitative estimate of drug-likeness (QED) is 0.771. The Bertz CT molecular complexity index is 339. The van der Waals surface area contributed by atoms with Crippen LogP contribution in [0.5, 0.6) is 6.01 Å². The monoisotopic (exact) mass is 196 g/mol. The third-order valence-electron chi connectivity index (χ3n) is 1.67. The van der Waals surface area contributed by atoms with Gasteiger partial charge in [0, 0.05) is 17.5 Å². The molecule has 0 bridgehead atoms. The van der Waals surface area contributed by atoms with Gasteiger partial charge in [-0.1, -0.05) is 0 Å². The first kappa shape index (κ1) is 10.4. The third-order valence-corrected chi connectivity index (χ3v) is 1.67. The molecule has 1 aromatic rings. The number of carboxylic acid groups (broad SMARTS) is 1. The van der Waals surface area contributed by atoms with Crippen LogP contribution in [0.15, 0.2) is 6.20 Å². The SMILES string of the molecule is CCOc1ncc(CC(=O)O)c(C)n1. The summed E-state index contributed by atoms with van der Waals surface area (Å²) in [5.74, 6) is -0.888. The van der Waals surface area contributed by atoms with Crippen molar-refractivity contribution in [1.29, 1.82) is 0 Å². The van der Waals surface area contributed by atoms with Crippen LogP contribution in [-0.4, -0.2) is 27.7 Å². The molecule has 0 atom stereocenters. The summed E-state index contributed by atoms with van der Waals surface area (Å²) in [6.07, 6.45) is 1.43. The van der Waals surface area contributed by atoms with Gasteiger partial charge in [-0.15, -0.1) is 0 Å². The molecular formula is C9H12N2O3. The van der Waals surface area contributed by atoms with Crippen molar-refractivity contribution >= 4 is 5.97 Å². The highest BCUT2D eigenvalue weighted by molar-refractivity contribution is 5.70. The predicted octanol–water partition coefficient (Wildman–Crippen LogP) is 0.811. The average Bonchev–Trinajstić information content (AvgIpc) is 2.10. The van der Waals surface area contributed by atoms with Gasteiger partial charge in [0.05, 0.1) is 13.0 Å². The lowest BCUT2D eigenvalue weighted by molar-refractivity contribution is -0.136. The maximum absolute atomic E-state index is 10.4. The molecule has 0 saturated carbocycles. The van der Waals surface area contributed by atoms with Gasteiger partial charge < -0.3 is 9.84 Å². The van der Waals surface area contributed by atoms with Crippen molar-refractivity contribution in [2.75, 3.05) is 6.61 Å². The Hall–Kier alpha value is -1.65. The molecule has 0 aliphatic rings. The van der Waals surface area contributed by atoms with Crippen molar-refractivity contribution in [2.45, 2.75) is 20.3 Å². The molecule has 0 amide bonds. The van der Waals surface area contributed by atoms with Crippen LogP contribution in [0.25, 0.3) is 0 Å². The summed E-state index contributed by atoms with van der Waals surface area (Å²) < 4.78 is 5.08. The second-order valence-corrected chi connectivity index (χ2v) is 2.77. The zero-order chi connectivity index (χ0) is 10.6. The molecule has 1 aromatic heterocycles. The van der Waals surface area contributed by atoms with Crippen LogP contribution in [0.2, 0.25) is 0 Å². The van der Waals surface area contributed by atoms with Gasteiger partial charge >= 0.3 is 12.0 Å². The molecule has 0 fully saturated rings. The zero-order valence-corrected chi connectivity index (χ0v) is 8.15. The Labute approximate surface area is 81.8 Å². The van der Waals surface area contributed by atoms with Gasteiger partial charge in [-0.3, -0.25) is 4.79 Å². The van der Waals surface area contributed by atoms with Gasteiger partial charge in [-0.2, -0.15) is 0 Å². The van der Waals surface area contributed by atoms with E-state index < -0.39 is 5.97 Å². The van der Waals surface area contributed by atoms with E-state index in [9.17, 15) is 4.79 Å². The first-order valence-electron chi connectivity index (χ1n) is 4.30. The van der Waals surface area contributed by atoms with Gasteiger partial charge in [0.2, 0.25) is 0 Å². The van der Waals surface area contributed by atoms with E-state index in [1.807, 2.05) is 6.92 Å². The number of rotatable bonds is 4. The first-order valence-corrected chi connectivity index (χ1v) is 4.30. The summed E-state index contributed by atoms with van der Waals surface area (Å²) in [5.41, 5.74) is 1.26. The highest BCUT2D eigenvalue weighted by atomic mass is 16.5. The molecule has 0 unspecified atom stereocenters. The molecule has 0 spiro atoms. The number of ether oxygens (including phenoxy) is 1. The molecule has 5 heteroatoms. The minimum absolute atomic E-state index is 0.0573. The Balaban J connectivity index is 2.84. The fourth-order valence-electron chi connectivity index (χ4n) is 1.01. The van der Waals surface area contributed by atoms with E-state index in [1.165, 1.54) is 6.20 Å². The van der Waals surface area contributed by atoms with Gasteiger partial charge in [0.15, 0.2) is 0 Å². The largest absolute Gasteiger partial charge is 0.481 e. The van der Waals surface area contributed by atoms with E-state index in [4.69, 9.17) is 9.84 Å². The molecule has 0 aliphatic carbocycles. The van der Waals surface area contributed by atoms with Crippen molar-refractivity contribution in [3.63, 3.8) is 0 Å². The summed E-state index contributed by atoms with van der Waals surface area (Å²) in [5, 5.41) is 8.58. The number of hydrogen-bond acceptors (Lipinski definition) is 4. The Morgan fingerprint density at radius 1 is 1.64 bits per heavy atom. The normalized spacial score (nSPS) is 9.86. The number of nitrogens with zero attached hydrogens (tertiary/aromatic N) is 2. The van der Waals surface area contributed by atoms with Crippen LogP contribution in [-0.2, 0) is 11.2 Å². The van der Waals surface area contributed by atoms with Gasteiger partial charge in [0.1, 0.15) is 0 Å². The minimum Gasteiger partial charge on any atom is -0.481 e. The van der Waals surface area contributed by atoms with Crippen LogP contribution in [0.1, 0.15) is 18.2 Å². The fourth-order valence-corrected chi connectivity index (χ4v) is 1.01. The van der Waals surface area contributed by atoms with E-state index >= 15 is 0 Å². The maximum Gasteiger partial charge on any atom is 0.316 e. The van der Waals surface area contributed by atoms with Crippen LogP contribution >= 0.6 is 0 Å². The summed E-state index contributed by atoms with van der Waals surface area (Å²) in [4.78, 5) is 18.3. The van der Waals surface area contributed by atoms with E-state index in [2.05, 4.69) is 9.97 Å². The molecule has 14 heavy (non-hydrogen) atoms. The smallest absolute Gasteiger partial charge is 0.316 e. The summed E-state index contributed by atoms with van der Waals surface area (Å²) in [7, 11) is 0. The molecule has 1 N–H and O–H groups in total. The second-order valence-electron chi connectivity index (χ2n) is 2.77. The number of aromatic nitrogens is 2. The number of aryl methyl sites for hydroxylation is 1. The lowest BCUT2D eigenvalue weighted by Gasteiger charge is -2.04. The van der Waals surface area contributed by atoms with Gasteiger partial charge in [-0.25, -0.2) is 9.97 Å². The highest BCUT2D eigenvalue weighted by Gasteiger charge is 2.07. The maximum atomic E-state index is 10.4. The third kappa shape index (κ3) is 2.69. The van der Waals surface area contributed by atoms with E-state index in [-0.39, 0.29) is 6.42 Å². The molecular weight excluding hydrogens is 184 g/mol. The molecule has 5 nitrogen and oxygen atoms in total. The minimum atomic E-state index is -0.888. The molecule has 76 valence electrons. The van der Waals surface area contributed by atoms with Crippen molar-refractivity contribution in [1.82, 2.24) is 9.97 Å². The number of aliphatic carboxylic acids is 1. The van der Waals surface area contributed by atoms with Crippen LogP contribution < -0.4 is 4.74 Å². The standard InChI is InChI=1S/C9H12N2O3/c1-3-14-9-10-5-7(4-8(12)13)6(2)11-9/h5H,3-4H2,1-2H3,(H,12,13). The average molecular weight is 196 g/mol. The van der Waals surface area contributed by atoms with Crippen LogP contribution in [0.4, 0.5) is 0 Å². The lowest BCUT2D eigenvalue weighted by Crippen LogP contribution is -2.06. The van der Waals surface area contributed by atoms with Crippen LogP contribution in [0.3, 0.4) is 0 Å².